The first-order valence-electron chi connectivity index (χ1n) is 7.47. The lowest BCUT2D eigenvalue weighted by molar-refractivity contribution is 0.101. The van der Waals surface area contributed by atoms with Crippen LogP contribution in [0.3, 0.4) is 0 Å². The molecule has 0 saturated carbocycles. The van der Waals surface area contributed by atoms with E-state index in [0.29, 0.717) is 16.3 Å². The van der Waals surface area contributed by atoms with Gasteiger partial charge in [0, 0.05) is 17.0 Å². The van der Waals surface area contributed by atoms with Gasteiger partial charge < -0.3 is 4.42 Å². The van der Waals surface area contributed by atoms with Gasteiger partial charge in [0.15, 0.2) is 16.6 Å². The molecule has 0 radical (unpaired) electrons. The molecular formula is C17H16N2O4S2. The highest BCUT2D eigenvalue weighted by molar-refractivity contribution is 7.89. The molecule has 2 aromatic heterocycles. The van der Waals surface area contributed by atoms with E-state index in [-0.39, 0.29) is 17.2 Å². The Labute approximate surface area is 149 Å². The molecule has 0 amide bonds. The molecule has 0 saturated heterocycles. The van der Waals surface area contributed by atoms with Crippen LogP contribution in [0, 0.1) is 6.92 Å². The summed E-state index contributed by atoms with van der Waals surface area (Å²) < 4.78 is 32.8. The van der Waals surface area contributed by atoms with Crippen molar-refractivity contribution >= 4 is 27.1 Å². The standard InChI is InChI=1S/C17H16N2O4S2/c1-11-16(24-17(19-11)15-7-4-8-23-15)10-18-25(21,22)14-6-3-5-13(9-14)12(2)20/h3-9,18H,10H2,1-2H3. The zero-order chi connectivity index (χ0) is 18.0. The van der Waals surface area contributed by atoms with Crippen molar-refractivity contribution in [2.75, 3.05) is 0 Å². The maximum absolute atomic E-state index is 12.5. The average Bonchev–Trinajstić information content (AvgIpc) is 3.23. The van der Waals surface area contributed by atoms with Crippen LogP contribution in [-0.2, 0) is 16.6 Å². The van der Waals surface area contributed by atoms with Crippen LogP contribution in [0.2, 0.25) is 0 Å². The molecule has 1 N–H and O–H groups in total. The Balaban J connectivity index is 1.79. The van der Waals surface area contributed by atoms with Crippen molar-refractivity contribution in [1.29, 1.82) is 0 Å². The van der Waals surface area contributed by atoms with Gasteiger partial charge in [-0.1, -0.05) is 12.1 Å². The van der Waals surface area contributed by atoms with Crippen LogP contribution >= 0.6 is 11.3 Å². The fourth-order valence-electron chi connectivity index (χ4n) is 2.22. The van der Waals surface area contributed by atoms with Crippen molar-refractivity contribution in [3.8, 4) is 10.8 Å². The van der Waals surface area contributed by atoms with Gasteiger partial charge in [-0.3, -0.25) is 4.79 Å². The summed E-state index contributed by atoms with van der Waals surface area (Å²) in [7, 11) is -3.72. The second-order valence-corrected chi connectivity index (χ2v) is 8.26. The molecule has 0 unspecified atom stereocenters. The number of benzene rings is 1. The molecule has 0 aliphatic rings. The zero-order valence-corrected chi connectivity index (χ0v) is 15.3. The average molecular weight is 376 g/mol. The monoisotopic (exact) mass is 376 g/mol. The molecular weight excluding hydrogens is 360 g/mol. The van der Waals surface area contributed by atoms with Crippen molar-refractivity contribution in [2.45, 2.75) is 25.3 Å². The molecule has 1 aromatic carbocycles. The lowest BCUT2D eigenvalue weighted by atomic mass is 10.2. The number of furan rings is 1. The highest BCUT2D eigenvalue weighted by Crippen LogP contribution is 2.28. The second kappa shape index (κ2) is 6.91. The van der Waals surface area contributed by atoms with Gasteiger partial charge in [0.2, 0.25) is 10.0 Å². The number of aryl methyl sites for hydroxylation is 1. The number of aromatic nitrogens is 1. The zero-order valence-electron chi connectivity index (χ0n) is 13.6. The van der Waals surface area contributed by atoms with Gasteiger partial charge in [-0.25, -0.2) is 18.1 Å². The summed E-state index contributed by atoms with van der Waals surface area (Å²) in [5, 5.41) is 0.704. The van der Waals surface area contributed by atoms with Crippen molar-refractivity contribution in [3.05, 3.63) is 58.8 Å². The van der Waals surface area contributed by atoms with Gasteiger partial charge in [0.05, 0.1) is 16.9 Å². The van der Waals surface area contributed by atoms with E-state index in [2.05, 4.69) is 9.71 Å². The molecule has 0 aliphatic carbocycles. The largest absolute Gasteiger partial charge is 0.462 e. The van der Waals surface area contributed by atoms with Crippen LogP contribution in [0.15, 0.2) is 52.0 Å². The first kappa shape index (κ1) is 17.5. The summed E-state index contributed by atoms with van der Waals surface area (Å²) in [5.41, 5.74) is 1.11. The minimum Gasteiger partial charge on any atom is -0.462 e. The highest BCUT2D eigenvalue weighted by atomic mass is 32.2. The first-order valence-corrected chi connectivity index (χ1v) is 9.77. The number of ketones is 1. The van der Waals surface area contributed by atoms with Crippen molar-refractivity contribution in [3.63, 3.8) is 0 Å². The van der Waals surface area contributed by atoms with Crippen molar-refractivity contribution < 1.29 is 17.6 Å². The smallest absolute Gasteiger partial charge is 0.240 e. The van der Waals surface area contributed by atoms with E-state index in [4.69, 9.17) is 4.42 Å². The number of Topliss-reactive ketones (excluding diaryl/α,β-unsaturated/α-hetero) is 1. The number of nitrogens with zero attached hydrogens (tertiary/aromatic N) is 1. The third kappa shape index (κ3) is 3.87. The van der Waals surface area contributed by atoms with Crippen LogP contribution in [0.5, 0.6) is 0 Å². The molecule has 2 heterocycles. The fourth-order valence-corrected chi connectivity index (χ4v) is 4.33. The summed E-state index contributed by atoms with van der Waals surface area (Å²) >= 11 is 1.38. The quantitative estimate of drug-likeness (QED) is 0.666. The van der Waals surface area contributed by atoms with E-state index in [0.717, 1.165) is 10.6 Å². The number of rotatable bonds is 6. The Morgan fingerprint density at radius 3 is 2.76 bits per heavy atom. The van der Waals surface area contributed by atoms with Crippen molar-refractivity contribution in [2.24, 2.45) is 0 Å². The minimum absolute atomic E-state index is 0.0635. The molecule has 8 heteroatoms. The molecule has 0 fully saturated rings. The SMILES string of the molecule is CC(=O)c1cccc(S(=O)(=O)NCc2sc(-c3ccco3)nc2C)c1. The molecule has 0 atom stereocenters. The summed E-state index contributed by atoms with van der Waals surface area (Å²) in [4.78, 5) is 16.7. The Bertz CT molecular complexity index is 1010. The predicted molar refractivity (Wildman–Crippen MR) is 95.0 cm³/mol. The van der Waals surface area contributed by atoms with Crippen LogP contribution < -0.4 is 4.72 Å². The maximum atomic E-state index is 12.5. The number of sulfonamides is 1. The molecule has 0 bridgehead atoms. The van der Waals surface area contributed by atoms with Gasteiger partial charge in [0.25, 0.3) is 0 Å². The molecule has 3 aromatic rings. The third-order valence-corrected chi connectivity index (χ3v) is 6.17. The minimum atomic E-state index is -3.72. The molecule has 3 rings (SSSR count). The maximum Gasteiger partial charge on any atom is 0.240 e. The molecule has 0 spiro atoms. The predicted octanol–water partition coefficient (Wildman–Crippen LogP) is 3.39. The summed E-state index contributed by atoms with van der Waals surface area (Å²) in [6.45, 7) is 3.34. The highest BCUT2D eigenvalue weighted by Gasteiger charge is 2.18. The fraction of sp³-hybridized carbons (Fsp3) is 0.176. The third-order valence-electron chi connectivity index (χ3n) is 3.60. The van der Waals surface area contributed by atoms with Gasteiger partial charge in [0.1, 0.15) is 0 Å². The van der Waals surface area contributed by atoms with Gasteiger partial charge in [-0.2, -0.15) is 0 Å². The van der Waals surface area contributed by atoms with E-state index in [1.165, 1.54) is 30.4 Å². The van der Waals surface area contributed by atoms with Gasteiger partial charge in [-0.15, -0.1) is 11.3 Å². The number of hydrogen-bond acceptors (Lipinski definition) is 6. The van der Waals surface area contributed by atoms with Gasteiger partial charge in [-0.05, 0) is 38.1 Å². The molecule has 0 aliphatic heterocycles. The number of thiazole rings is 1. The topological polar surface area (TPSA) is 89.3 Å². The summed E-state index contributed by atoms with van der Waals surface area (Å²) in [6, 6.07) is 9.56. The number of carbonyl (C=O) groups excluding carboxylic acids is 1. The van der Waals surface area contributed by atoms with Crippen LogP contribution in [-0.4, -0.2) is 19.2 Å². The number of hydrogen-bond donors (Lipinski definition) is 1. The molecule has 130 valence electrons. The van der Waals surface area contributed by atoms with Gasteiger partial charge >= 0.3 is 0 Å². The van der Waals surface area contributed by atoms with Crippen LogP contribution in [0.25, 0.3) is 10.8 Å². The Morgan fingerprint density at radius 1 is 1.28 bits per heavy atom. The number of nitrogens with one attached hydrogen (secondary N) is 1. The molecule has 6 nitrogen and oxygen atoms in total. The van der Waals surface area contributed by atoms with E-state index < -0.39 is 10.0 Å². The lowest BCUT2D eigenvalue weighted by Gasteiger charge is -2.07. The van der Waals surface area contributed by atoms with Crippen molar-refractivity contribution in [1.82, 2.24) is 9.71 Å². The second-order valence-electron chi connectivity index (χ2n) is 5.41. The first-order chi connectivity index (χ1) is 11.9. The Kier molecular flexibility index (Phi) is 4.85. The summed E-state index contributed by atoms with van der Waals surface area (Å²) in [6.07, 6.45) is 1.57. The Hall–Kier alpha value is -2.29. The Morgan fingerprint density at radius 2 is 2.08 bits per heavy atom. The normalized spacial score (nSPS) is 11.6. The van der Waals surface area contributed by atoms with Crippen LogP contribution in [0.4, 0.5) is 0 Å². The van der Waals surface area contributed by atoms with Crippen LogP contribution in [0.1, 0.15) is 27.9 Å². The molecule has 25 heavy (non-hydrogen) atoms. The van der Waals surface area contributed by atoms with E-state index in [1.54, 1.807) is 30.5 Å². The van der Waals surface area contributed by atoms with E-state index in [1.807, 2.05) is 6.92 Å². The lowest BCUT2D eigenvalue weighted by Crippen LogP contribution is -2.23. The number of carbonyl (C=O) groups is 1. The van der Waals surface area contributed by atoms with E-state index >= 15 is 0 Å². The van der Waals surface area contributed by atoms with E-state index in [9.17, 15) is 13.2 Å². The summed E-state index contributed by atoms with van der Waals surface area (Å²) in [5.74, 6) is 0.467.